The van der Waals surface area contributed by atoms with Crippen molar-refractivity contribution in [2.24, 2.45) is 0 Å². The number of rotatable bonds is 3. The number of aromatic nitrogens is 1. The van der Waals surface area contributed by atoms with E-state index in [4.69, 9.17) is 34.8 Å². The van der Waals surface area contributed by atoms with E-state index in [-0.39, 0.29) is 0 Å². The lowest BCUT2D eigenvalue weighted by atomic mass is 10.1. The van der Waals surface area contributed by atoms with Gasteiger partial charge >= 0.3 is 0 Å². The predicted octanol–water partition coefficient (Wildman–Crippen LogP) is 5.81. The molecule has 106 valence electrons. The Hall–Kier alpha value is -1.48. The molecular formula is C16H11Cl3N2. The van der Waals surface area contributed by atoms with E-state index in [2.05, 4.69) is 10.3 Å². The molecule has 0 amide bonds. The average molecular weight is 338 g/mol. The van der Waals surface area contributed by atoms with Gasteiger partial charge in [0.05, 0.1) is 5.52 Å². The number of nitrogens with one attached hydrogen (secondary N) is 1. The van der Waals surface area contributed by atoms with Crippen LogP contribution in [0, 0.1) is 0 Å². The molecule has 1 N–H and O–H groups in total. The number of hydrogen-bond donors (Lipinski definition) is 1. The fourth-order valence-electron chi connectivity index (χ4n) is 2.19. The Morgan fingerprint density at radius 1 is 0.952 bits per heavy atom. The first-order valence-electron chi connectivity index (χ1n) is 6.35. The van der Waals surface area contributed by atoms with Crippen molar-refractivity contribution < 1.29 is 0 Å². The third-order valence-corrected chi connectivity index (χ3v) is 3.91. The van der Waals surface area contributed by atoms with Crippen LogP contribution in [0.2, 0.25) is 15.1 Å². The third-order valence-electron chi connectivity index (χ3n) is 3.15. The van der Waals surface area contributed by atoms with E-state index in [0.29, 0.717) is 21.6 Å². The Labute approximate surface area is 137 Å². The number of anilines is 1. The molecule has 5 heteroatoms. The molecule has 3 aromatic rings. The van der Waals surface area contributed by atoms with Crippen LogP contribution in [0.15, 0.2) is 48.7 Å². The summed E-state index contributed by atoms with van der Waals surface area (Å²) in [4.78, 5) is 4.41. The van der Waals surface area contributed by atoms with Crippen LogP contribution in [0.25, 0.3) is 10.9 Å². The highest BCUT2D eigenvalue weighted by atomic mass is 35.5. The fourth-order valence-corrected chi connectivity index (χ4v) is 2.93. The van der Waals surface area contributed by atoms with E-state index in [1.807, 2.05) is 36.4 Å². The zero-order valence-electron chi connectivity index (χ0n) is 10.9. The lowest BCUT2D eigenvalue weighted by molar-refractivity contribution is 1.15. The molecule has 0 fully saturated rings. The van der Waals surface area contributed by atoms with Crippen LogP contribution in [0.4, 0.5) is 5.69 Å². The maximum absolute atomic E-state index is 6.19. The van der Waals surface area contributed by atoms with Crippen LogP contribution in [-0.2, 0) is 6.54 Å². The van der Waals surface area contributed by atoms with Gasteiger partial charge in [0.25, 0.3) is 0 Å². The first-order valence-corrected chi connectivity index (χ1v) is 7.49. The van der Waals surface area contributed by atoms with E-state index in [9.17, 15) is 0 Å². The van der Waals surface area contributed by atoms with E-state index in [1.54, 1.807) is 12.3 Å². The first kappa shape index (κ1) is 14.5. The second-order valence-corrected chi connectivity index (χ2v) is 5.90. The second-order valence-electron chi connectivity index (χ2n) is 4.62. The molecule has 0 aliphatic heterocycles. The van der Waals surface area contributed by atoms with Crippen molar-refractivity contribution in [2.75, 3.05) is 5.32 Å². The summed E-state index contributed by atoms with van der Waals surface area (Å²) >= 11 is 18.2. The summed E-state index contributed by atoms with van der Waals surface area (Å²) in [5.74, 6) is 0. The maximum atomic E-state index is 6.19. The van der Waals surface area contributed by atoms with Gasteiger partial charge < -0.3 is 5.32 Å². The van der Waals surface area contributed by atoms with Crippen molar-refractivity contribution in [3.63, 3.8) is 0 Å². The highest BCUT2D eigenvalue weighted by molar-refractivity contribution is 6.35. The molecule has 21 heavy (non-hydrogen) atoms. The molecule has 0 aliphatic rings. The van der Waals surface area contributed by atoms with Crippen molar-refractivity contribution in [2.45, 2.75) is 6.54 Å². The molecule has 0 unspecified atom stereocenters. The van der Waals surface area contributed by atoms with Crippen LogP contribution in [0.1, 0.15) is 5.56 Å². The molecule has 1 heterocycles. The molecule has 1 aromatic heterocycles. The average Bonchev–Trinajstić information content (AvgIpc) is 2.46. The molecule has 0 saturated carbocycles. The molecule has 0 spiro atoms. The lowest BCUT2D eigenvalue weighted by Crippen LogP contribution is -2.01. The van der Waals surface area contributed by atoms with Crippen LogP contribution in [0.5, 0.6) is 0 Å². The van der Waals surface area contributed by atoms with E-state index >= 15 is 0 Å². The standard InChI is InChI=1S/C16H11Cl3N2/c17-11-6-12(18)8-13(7-11)21-9-10-3-4-15(19)14-2-1-5-20-16(10)14/h1-8,21H,9H2. The highest BCUT2D eigenvalue weighted by Gasteiger charge is 2.06. The number of pyridine rings is 1. The topological polar surface area (TPSA) is 24.9 Å². The molecule has 0 aliphatic carbocycles. The Balaban J connectivity index is 1.90. The van der Waals surface area contributed by atoms with Crippen molar-refractivity contribution in [3.05, 3.63) is 69.3 Å². The van der Waals surface area contributed by atoms with Crippen LogP contribution in [0.3, 0.4) is 0 Å². The van der Waals surface area contributed by atoms with Gasteiger partial charge in [0.1, 0.15) is 0 Å². The number of nitrogens with zero attached hydrogens (tertiary/aromatic N) is 1. The maximum Gasteiger partial charge on any atom is 0.0766 e. The molecule has 0 saturated heterocycles. The summed E-state index contributed by atoms with van der Waals surface area (Å²) in [5.41, 5.74) is 2.82. The number of benzene rings is 2. The summed E-state index contributed by atoms with van der Waals surface area (Å²) in [5, 5.41) is 6.15. The van der Waals surface area contributed by atoms with Gasteiger partial charge in [-0.3, -0.25) is 4.98 Å². The minimum atomic E-state index is 0.601. The van der Waals surface area contributed by atoms with Gasteiger partial charge in [-0.15, -0.1) is 0 Å². The summed E-state index contributed by atoms with van der Waals surface area (Å²) < 4.78 is 0. The Bertz CT molecular complexity index is 782. The first-order chi connectivity index (χ1) is 10.1. The van der Waals surface area contributed by atoms with Crippen molar-refractivity contribution in [1.82, 2.24) is 4.98 Å². The van der Waals surface area contributed by atoms with Gasteiger partial charge in [-0.25, -0.2) is 0 Å². The molecule has 3 rings (SSSR count). The highest BCUT2D eigenvalue weighted by Crippen LogP contribution is 2.26. The van der Waals surface area contributed by atoms with E-state index in [1.165, 1.54) is 0 Å². The van der Waals surface area contributed by atoms with Gasteiger partial charge in [0, 0.05) is 38.9 Å². The Kier molecular flexibility index (Phi) is 4.20. The van der Waals surface area contributed by atoms with E-state index < -0.39 is 0 Å². The van der Waals surface area contributed by atoms with Gasteiger partial charge in [-0.2, -0.15) is 0 Å². The quantitative estimate of drug-likeness (QED) is 0.652. The minimum absolute atomic E-state index is 0.601. The Morgan fingerprint density at radius 2 is 1.71 bits per heavy atom. The molecule has 2 aromatic carbocycles. The van der Waals surface area contributed by atoms with Gasteiger partial charge in [-0.1, -0.05) is 40.9 Å². The fraction of sp³-hybridized carbons (Fsp3) is 0.0625. The largest absolute Gasteiger partial charge is 0.381 e. The van der Waals surface area contributed by atoms with Crippen LogP contribution >= 0.6 is 34.8 Å². The van der Waals surface area contributed by atoms with E-state index in [0.717, 1.165) is 22.2 Å². The summed E-state index contributed by atoms with van der Waals surface area (Å²) in [6.07, 6.45) is 1.76. The summed E-state index contributed by atoms with van der Waals surface area (Å²) in [7, 11) is 0. The predicted molar refractivity (Wildman–Crippen MR) is 90.5 cm³/mol. The normalized spacial score (nSPS) is 10.8. The minimum Gasteiger partial charge on any atom is -0.381 e. The Morgan fingerprint density at radius 3 is 2.48 bits per heavy atom. The summed E-state index contributed by atoms with van der Waals surface area (Å²) in [6, 6.07) is 13.1. The van der Waals surface area contributed by atoms with Crippen molar-refractivity contribution in [1.29, 1.82) is 0 Å². The number of hydrogen-bond acceptors (Lipinski definition) is 2. The molecule has 0 bridgehead atoms. The zero-order chi connectivity index (χ0) is 14.8. The molecule has 0 atom stereocenters. The third kappa shape index (κ3) is 3.24. The van der Waals surface area contributed by atoms with Crippen molar-refractivity contribution >= 4 is 51.4 Å². The smallest absolute Gasteiger partial charge is 0.0766 e. The number of halogens is 3. The van der Waals surface area contributed by atoms with Crippen LogP contribution < -0.4 is 5.32 Å². The van der Waals surface area contributed by atoms with Gasteiger partial charge in [0.2, 0.25) is 0 Å². The van der Waals surface area contributed by atoms with Gasteiger partial charge in [0.15, 0.2) is 0 Å². The van der Waals surface area contributed by atoms with Gasteiger partial charge in [-0.05, 0) is 42.0 Å². The zero-order valence-corrected chi connectivity index (χ0v) is 13.2. The molecular weight excluding hydrogens is 327 g/mol. The van der Waals surface area contributed by atoms with Crippen LogP contribution in [-0.4, -0.2) is 4.98 Å². The summed E-state index contributed by atoms with van der Waals surface area (Å²) in [6.45, 7) is 0.612. The second kappa shape index (κ2) is 6.10. The monoisotopic (exact) mass is 336 g/mol. The SMILES string of the molecule is Clc1cc(Cl)cc(NCc2ccc(Cl)c3cccnc23)c1. The number of fused-ring (bicyclic) bond motifs is 1. The molecule has 2 nitrogen and oxygen atoms in total. The van der Waals surface area contributed by atoms with Crippen molar-refractivity contribution in [3.8, 4) is 0 Å². The molecule has 0 radical (unpaired) electrons. The lowest BCUT2D eigenvalue weighted by Gasteiger charge is -2.10.